The van der Waals surface area contributed by atoms with E-state index < -0.39 is 18.3 Å². The zero-order valence-electron chi connectivity index (χ0n) is 10.5. The van der Waals surface area contributed by atoms with Crippen LogP contribution in [0.5, 0.6) is 0 Å². The van der Waals surface area contributed by atoms with Crippen LogP contribution in [0.1, 0.15) is 27.7 Å². The van der Waals surface area contributed by atoms with Crippen molar-refractivity contribution in [2.24, 2.45) is 0 Å². The Balaban J connectivity index is 3.07. The van der Waals surface area contributed by atoms with E-state index in [9.17, 15) is 8.42 Å². The first-order chi connectivity index (χ1) is 6.55. The Hall–Kier alpha value is -0.133. The SMILES string of the molecule is C/C=C1\CN([Si](C)(C)C(C)(C)C)S1(=O)=O. The molecule has 1 heterocycles. The summed E-state index contributed by atoms with van der Waals surface area (Å²) in [6.45, 7) is 13.0. The Morgan fingerprint density at radius 3 is 2.07 bits per heavy atom. The van der Waals surface area contributed by atoms with Crippen LogP contribution in [0.15, 0.2) is 11.0 Å². The molecule has 0 aromatic rings. The lowest BCUT2D eigenvalue weighted by atomic mass is 10.2. The number of rotatable bonds is 1. The van der Waals surface area contributed by atoms with Crippen LogP contribution in [-0.2, 0) is 10.0 Å². The predicted octanol–water partition coefficient (Wildman–Crippen LogP) is 2.54. The molecule has 88 valence electrons. The predicted molar refractivity (Wildman–Crippen MR) is 66.6 cm³/mol. The third kappa shape index (κ3) is 1.81. The molecule has 0 saturated carbocycles. The minimum Gasteiger partial charge on any atom is -0.215 e. The van der Waals surface area contributed by atoms with Crippen molar-refractivity contribution in [2.75, 3.05) is 6.54 Å². The summed E-state index contributed by atoms with van der Waals surface area (Å²) in [7, 11) is -5.01. The standard InChI is InChI=1S/C10H21NO2SSi/c1-7-9-8-11(14(9,12)13)15(5,6)10(2,3)4/h7H,8H2,1-6H3/b9-7+. The van der Waals surface area contributed by atoms with E-state index in [1.165, 1.54) is 0 Å². The molecule has 1 saturated heterocycles. The molecule has 5 heteroatoms. The van der Waals surface area contributed by atoms with Gasteiger partial charge < -0.3 is 0 Å². The lowest BCUT2D eigenvalue weighted by molar-refractivity contribution is 0.495. The first-order valence-corrected chi connectivity index (χ1v) is 9.62. The van der Waals surface area contributed by atoms with Crippen LogP contribution in [0, 0.1) is 0 Å². The van der Waals surface area contributed by atoms with Crippen LogP contribution in [0.2, 0.25) is 18.1 Å². The molecule has 0 unspecified atom stereocenters. The summed E-state index contributed by atoms with van der Waals surface area (Å²) in [5, 5.41) is 0.0688. The van der Waals surface area contributed by atoms with E-state index in [-0.39, 0.29) is 5.04 Å². The molecular formula is C10H21NO2SSi. The lowest BCUT2D eigenvalue weighted by Gasteiger charge is -2.49. The van der Waals surface area contributed by atoms with Crippen molar-refractivity contribution in [3.05, 3.63) is 11.0 Å². The Labute approximate surface area is 94.3 Å². The van der Waals surface area contributed by atoms with Crippen LogP contribution < -0.4 is 0 Å². The number of sulfonamides is 1. The van der Waals surface area contributed by atoms with Gasteiger partial charge in [0.05, 0.1) is 4.91 Å². The van der Waals surface area contributed by atoms with E-state index >= 15 is 0 Å². The Morgan fingerprint density at radius 2 is 1.80 bits per heavy atom. The third-order valence-electron chi connectivity index (χ3n) is 3.70. The van der Waals surface area contributed by atoms with Crippen molar-refractivity contribution in [1.29, 1.82) is 0 Å². The first-order valence-electron chi connectivity index (χ1n) is 5.23. The van der Waals surface area contributed by atoms with Crippen LogP contribution in [0.25, 0.3) is 0 Å². The third-order valence-corrected chi connectivity index (χ3v) is 12.6. The molecule has 0 aliphatic carbocycles. The molecule has 1 aliphatic rings. The van der Waals surface area contributed by atoms with Gasteiger partial charge in [0.15, 0.2) is 0 Å². The molecule has 0 aromatic heterocycles. The average Bonchev–Trinajstić information content (AvgIpc) is 2.00. The van der Waals surface area contributed by atoms with Gasteiger partial charge >= 0.3 is 0 Å². The number of hydrogen-bond donors (Lipinski definition) is 0. The van der Waals surface area contributed by atoms with Crippen molar-refractivity contribution >= 4 is 18.3 Å². The molecule has 0 amide bonds. The number of allylic oxidation sites excluding steroid dienone is 1. The fourth-order valence-corrected chi connectivity index (χ4v) is 7.47. The van der Waals surface area contributed by atoms with Crippen molar-refractivity contribution < 1.29 is 8.42 Å². The molecule has 15 heavy (non-hydrogen) atoms. The molecule has 1 fully saturated rings. The fraction of sp³-hybridized carbons (Fsp3) is 0.800. The molecule has 0 radical (unpaired) electrons. The molecule has 0 bridgehead atoms. The van der Waals surface area contributed by atoms with Gasteiger partial charge in [-0.2, -0.15) is 0 Å². The van der Waals surface area contributed by atoms with E-state index in [0.29, 0.717) is 11.4 Å². The molecular weight excluding hydrogens is 226 g/mol. The zero-order valence-corrected chi connectivity index (χ0v) is 12.3. The van der Waals surface area contributed by atoms with Gasteiger partial charge in [0.2, 0.25) is 10.0 Å². The maximum atomic E-state index is 12.0. The molecule has 1 rings (SSSR count). The minimum atomic E-state index is -3.10. The Morgan fingerprint density at radius 1 is 1.33 bits per heavy atom. The van der Waals surface area contributed by atoms with Crippen molar-refractivity contribution in [1.82, 2.24) is 3.97 Å². The maximum Gasteiger partial charge on any atom is 0.234 e. The van der Waals surface area contributed by atoms with E-state index in [4.69, 9.17) is 0 Å². The normalized spacial score (nSPS) is 25.3. The number of nitrogens with zero attached hydrogens (tertiary/aromatic N) is 1. The topological polar surface area (TPSA) is 37.4 Å². The maximum absolute atomic E-state index is 12.0. The molecule has 1 aliphatic heterocycles. The van der Waals surface area contributed by atoms with Gasteiger partial charge in [-0.3, -0.25) is 0 Å². The summed E-state index contributed by atoms with van der Waals surface area (Å²) in [5.74, 6) is 0. The quantitative estimate of drug-likeness (QED) is 0.668. The van der Waals surface area contributed by atoms with Gasteiger partial charge in [0.25, 0.3) is 0 Å². The van der Waals surface area contributed by atoms with Crippen LogP contribution in [-0.4, -0.2) is 27.2 Å². The van der Waals surface area contributed by atoms with Crippen molar-refractivity contribution in [3.8, 4) is 0 Å². The highest BCUT2D eigenvalue weighted by Crippen LogP contribution is 2.44. The summed E-state index contributed by atoms with van der Waals surface area (Å²) in [6.07, 6.45) is 1.71. The van der Waals surface area contributed by atoms with Crippen LogP contribution in [0.4, 0.5) is 0 Å². The minimum absolute atomic E-state index is 0.0688. The lowest BCUT2D eigenvalue weighted by Crippen LogP contribution is -2.63. The van der Waals surface area contributed by atoms with Gasteiger partial charge in [-0.15, -0.1) is 0 Å². The van der Waals surface area contributed by atoms with Crippen LogP contribution in [0.3, 0.4) is 0 Å². The van der Waals surface area contributed by atoms with Crippen LogP contribution >= 0.6 is 0 Å². The first kappa shape index (κ1) is 12.9. The zero-order chi connectivity index (χ0) is 12.1. The second-order valence-corrected chi connectivity index (χ2v) is 13.0. The molecule has 0 aromatic carbocycles. The fourth-order valence-electron chi connectivity index (χ4n) is 1.49. The van der Waals surface area contributed by atoms with Gasteiger partial charge in [-0.25, -0.2) is 12.4 Å². The Bertz CT molecular complexity index is 390. The van der Waals surface area contributed by atoms with Gasteiger partial charge in [-0.1, -0.05) is 39.9 Å². The second-order valence-electron chi connectivity index (χ2n) is 5.58. The molecule has 3 nitrogen and oxygen atoms in total. The van der Waals surface area contributed by atoms with Gasteiger partial charge in [0, 0.05) is 6.54 Å². The Kier molecular flexibility index (Phi) is 2.96. The van der Waals surface area contributed by atoms with E-state index in [2.05, 4.69) is 33.9 Å². The highest BCUT2D eigenvalue weighted by molar-refractivity contribution is 7.95. The second kappa shape index (κ2) is 3.43. The van der Waals surface area contributed by atoms with Gasteiger partial charge in [-0.05, 0) is 12.0 Å². The summed E-state index contributed by atoms with van der Waals surface area (Å²) in [4.78, 5) is 0.576. The summed E-state index contributed by atoms with van der Waals surface area (Å²) in [5.41, 5.74) is 0. The highest BCUT2D eigenvalue weighted by Gasteiger charge is 2.53. The average molecular weight is 247 g/mol. The summed E-state index contributed by atoms with van der Waals surface area (Å²) in [6, 6.07) is 0. The van der Waals surface area contributed by atoms with E-state index in [1.807, 2.05) is 0 Å². The van der Waals surface area contributed by atoms with Crippen molar-refractivity contribution in [2.45, 2.75) is 45.8 Å². The largest absolute Gasteiger partial charge is 0.234 e. The summed E-state index contributed by atoms with van der Waals surface area (Å²) < 4.78 is 25.7. The molecule has 0 spiro atoms. The van der Waals surface area contributed by atoms with Gasteiger partial charge in [0.1, 0.15) is 8.24 Å². The van der Waals surface area contributed by atoms with Crippen molar-refractivity contribution in [3.63, 3.8) is 0 Å². The highest BCUT2D eigenvalue weighted by atomic mass is 32.2. The summed E-state index contributed by atoms with van der Waals surface area (Å²) >= 11 is 0. The molecule has 0 N–H and O–H groups in total. The smallest absolute Gasteiger partial charge is 0.215 e. The number of hydrogen-bond acceptors (Lipinski definition) is 2. The molecule has 0 atom stereocenters. The monoisotopic (exact) mass is 247 g/mol. The van der Waals surface area contributed by atoms with E-state index in [0.717, 1.165) is 0 Å². The van der Waals surface area contributed by atoms with E-state index in [1.54, 1.807) is 17.0 Å².